The van der Waals surface area contributed by atoms with Gasteiger partial charge in [0, 0.05) is 25.7 Å². The Morgan fingerprint density at radius 3 is 2.48 bits per heavy atom. The van der Waals surface area contributed by atoms with Crippen LogP contribution in [0.3, 0.4) is 0 Å². The first-order valence-corrected chi connectivity index (χ1v) is 9.78. The molecule has 152 valence electrons. The number of carbonyl (C=O) groups excluding carboxylic acids is 1. The summed E-state index contributed by atoms with van der Waals surface area (Å²) in [5.74, 6) is 0.909. The van der Waals surface area contributed by atoms with Crippen LogP contribution in [0.5, 0.6) is 0 Å². The second-order valence-corrected chi connectivity index (χ2v) is 7.68. The third-order valence-corrected chi connectivity index (χ3v) is 5.37. The van der Waals surface area contributed by atoms with Gasteiger partial charge < -0.3 is 15.5 Å². The van der Waals surface area contributed by atoms with Crippen molar-refractivity contribution in [1.82, 2.24) is 15.5 Å². The minimum Gasteiger partial charge on any atom is -0.357 e. The minimum atomic E-state index is -0.362. The molecule has 1 fully saturated rings. The first-order valence-electron chi connectivity index (χ1n) is 9.40. The van der Waals surface area contributed by atoms with Gasteiger partial charge in [-0.15, -0.1) is 24.0 Å². The van der Waals surface area contributed by atoms with E-state index in [1.54, 1.807) is 4.90 Å². The highest BCUT2D eigenvalue weighted by molar-refractivity contribution is 14.0. The maximum Gasteiger partial charge on any atom is 0.230 e. The molecule has 2 N–H and O–H groups in total. The molecule has 0 aliphatic heterocycles. The van der Waals surface area contributed by atoms with Crippen molar-refractivity contribution in [3.05, 3.63) is 34.9 Å². The molecule has 0 bridgehead atoms. The number of rotatable bonds is 6. The maximum atomic E-state index is 12.7. The summed E-state index contributed by atoms with van der Waals surface area (Å²) in [7, 11) is 3.66. The molecule has 0 saturated heterocycles. The molecule has 1 aromatic carbocycles. The Kier molecular flexibility index (Phi) is 9.87. The van der Waals surface area contributed by atoms with Gasteiger partial charge in [-0.2, -0.15) is 0 Å². The van der Waals surface area contributed by atoms with Crippen LogP contribution >= 0.6 is 35.6 Å². The summed E-state index contributed by atoms with van der Waals surface area (Å²) in [4.78, 5) is 19.2. The lowest BCUT2D eigenvalue weighted by Gasteiger charge is -2.29. The summed E-state index contributed by atoms with van der Waals surface area (Å²) >= 11 is 6.31. The minimum absolute atomic E-state index is 0. The van der Waals surface area contributed by atoms with E-state index in [-0.39, 0.29) is 41.3 Å². The van der Waals surface area contributed by atoms with E-state index >= 15 is 0 Å². The van der Waals surface area contributed by atoms with Crippen LogP contribution in [0.4, 0.5) is 0 Å². The average molecular weight is 507 g/mol. The normalized spacial score (nSPS) is 17.0. The van der Waals surface area contributed by atoms with Crippen molar-refractivity contribution in [2.24, 2.45) is 10.4 Å². The van der Waals surface area contributed by atoms with Crippen molar-refractivity contribution in [1.29, 1.82) is 0 Å². The van der Waals surface area contributed by atoms with Crippen LogP contribution in [0, 0.1) is 5.41 Å². The largest absolute Gasteiger partial charge is 0.357 e. The van der Waals surface area contributed by atoms with E-state index in [4.69, 9.17) is 16.6 Å². The Morgan fingerprint density at radius 1 is 1.30 bits per heavy atom. The first-order chi connectivity index (χ1) is 12.4. The maximum absolute atomic E-state index is 12.7. The SMILES string of the molecule is CCNC(=NCC1(C(=O)N(C)C)CCCC1)NC(C)c1ccccc1Cl.I. The van der Waals surface area contributed by atoms with Crippen LogP contribution < -0.4 is 10.6 Å². The van der Waals surface area contributed by atoms with Crippen molar-refractivity contribution in [2.45, 2.75) is 45.6 Å². The van der Waals surface area contributed by atoms with E-state index in [0.29, 0.717) is 6.54 Å². The summed E-state index contributed by atoms with van der Waals surface area (Å²) in [6.07, 6.45) is 4.00. The second-order valence-electron chi connectivity index (χ2n) is 7.27. The molecule has 5 nitrogen and oxygen atoms in total. The average Bonchev–Trinajstić information content (AvgIpc) is 3.09. The molecular weight excluding hydrogens is 475 g/mol. The number of carbonyl (C=O) groups is 1. The number of hydrogen-bond acceptors (Lipinski definition) is 2. The quantitative estimate of drug-likeness (QED) is 0.345. The van der Waals surface area contributed by atoms with Crippen LogP contribution in [-0.4, -0.2) is 44.0 Å². The topological polar surface area (TPSA) is 56.7 Å². The second kappa shape index (κ2) is 11.1. The summed E-state index contributed by atoms with van der Waals surface area (Å²) < 4.78 is 0. The molecule has 0 spiro atoms. The van der Waals surface area contributed by atoms with E-state index in [1.807, 2.05) is 45.3 Å². The van der Waals surface area contributed by atoms with E-state index in [2.05, 4.69) is 17.6 Å². The van der Waals surface area contributed by atoms with Crippen molar-refractivity contribution >= 4 is 47.4 Å². The third kappa shape index (κ3) is 6.24. The molecule has 27 heavy (non-hydrogen) atoms. The molecule has 1 atom stereocenters. The number of hydrogen-bond donors (Lipinski definition) is 2. The van der Waals surface area contributed by atoms with E-state index in [1.165, 1.54) is 0 Å². The van der Waals surface area contributed by atoms with Gasteiger partial charge >= 0.3 is 0 Å². The Labute approximate surface area is 185 Å². The standard InChI is InChI=1S/C20H31ClN4O.HI/c1-5-22-19(24-15(2)16-10-6-7-11-17(16)21)23-14-20(12-8-9-13-20)18(26)25(3)4;/h6-7,10-11,15H,5,8-9,12-14H2,1-4H3,(H2,22,23,24);1H. The number of nitrogens with one attached hydrogen (secondary N) is 2. The molecule has 1 unspecified atom stereocenters. The lowest BCUT2D eigenvalue weighted by molar-refractivity contribution is -0.138. The molecule has 1 saturated carbocycles. The molecular formula is C20H32ClIN4O. The number of amides is 1. The number of nitrogens with zero attached hydrogens (tertiary/aromatic N) is 2. The zero-order valence-electron chi connectivity index (χ0n) is 16.7. The summed E-state index contributed by atoms with van der Waals surface area (Å²) in [6, 6.07) is 7.83. The lowest BCUT2D eigenvalue weighted by atomic mass is 9.85. The molecule has 0 heterocycles. The summed E-state index contributed by atoms with van der Waals surface area (Å²) in [5, 5.41) is 7.43. The molecule has 0 radical (unpaired) electrons. The van der Waals surface area contributed by atoms with Crippen LogP contribution in [0.25, 0.3) is 0 Å². The molecule has 2 rings (SSSR count). The zero-order chi connectivity index (χ0) is 19.2. The Morgan fingerprint density at radius 2 is 1.93 bits per heavy atom. The van der Waals surface area contributed by atoms with E-state index < -0.39 is 0 Å². The van der Waals surface area contributed by atoms with Crippen LogP contribution in [-0.2, 0) is 4.79 Å². The number of guanidine groups is 1. The van der Waals surface area contributed by atoms with Gasteiger partial charge in [0.25, 0.3) is 0 Å². The fraction of sp³-hybridized carbons (Fsp3) is 0.600. The van der Waals surface area contributed by atoms with E-state index in [9.17, 15) is 4.79 Å². The highest BCUT2D eigenvalue weighted by Crippen LogP contribution is 2.39. The number of benzene rings is 1. The molecule has 1 amide bonds. The zero-order valence-corrected chi connectivity index (χ0v) is 19.8. The summed E-state index contributed by atoms with van der Waals surface area (Å²) in [5.41, 5.74) is 0.666. The Bertz CT molecular complexity index is 645. The summed E-state index contributed by atoms with van der Waals surface area (Å²) in [6.45, 7) is 5.36. The molecule has 1 aliphatic rings. The monoisotopic (exact) mass is 506 g/mol. The highest BCUT2D eigenvalue weighted by atomic mass is 127. The van der Waals surface area contributed by atoms with Gasteiger partial charge in [-0.25, -0.2) is 0 Å². The van der Waals surface area contributed by atoms with Gasteiger partial charge in [0.05, 0.1) is 18.0 Å². The number of aliphatic imine (C=N–C) groups is 1. The smallest absolute Gasteiger partial charge is 0.230 e. The molecule has 1 aromatic rings. The first kappa shape index (κ1) is 24.0. The Hall–Kier alpha value is -1.02. The third-order valence-electron chi connectivity index (χ3n) is 5.03. The Balaban J connectivity index is 0.00000364. The fourth-order valence-corrected chi connectivity index (χ4v) is 3.92. The molecule has 7 heteroatoms. The molecule has 0 aromatic heterocycles. The van der Waals surface area contributed by atoms with E-state index in [0.717, 1.165) is 48.8 Å². The van der Waals surface area contributed by atoms with Crippen molar-refractivity contribution < 1.29 is 4.79 Å². The van der Waals surface area contributed by atoms with Crippen LogP contribution in [0.1, 0.15) is 51.1 Å². The van der Waals surface area contributed by atoms with Crippen molar-refractivity contribution in [2.75, 3.05) is 27.2 Å². The van der Waals surface area contributed by atoms with Crippen LogP contribution in [0.15, 0.2) is 29.3 Å². The highest BCUT2D eigenvalue weighted by Gasteiger charge is 2.42. The van der Waals surface area contributed by atoms with Crippen molar-refractivity contribution in [3.63, 3.8) is 0 Å². The molecule has 1 aliphatic carbocycles. The number of halogens is 2. The predicted octanol–water partition coefficient (Wildman–Crippen LogP) is 4.22. The predicted molar refractivity (Wildman–Crippen MR) is 124 cm³/mol. The van der Waals surface area contributed by atoms with Gasteiger partial charge in [-0.1, -0.05) is 42.6 Å². The van der Waals surface area contributed by atoms with Gasteiger partial charge in [0.2, 0.25) is 5.91 Å². The van der Waals surface area contributed by atoms with Crippen molar-refractivity contribution in [3.8, 4) is 0 Å². The van der Waals surface area contributed by atoms with Gasteiger partial charge in [-0.3, -0.25) is 9.79 Å². The van der Waals surface area contributed by atoms with Crippen LogP contribution in [0.2, 0.25) is 5.02 Å². The van der Waals surface area contributed by atoms with Gasteiger partial charge in [0.15, 0.2) is 5.96 Å². The lowest BCUT2D eigenvalue weighted by Crippen LogP contribution is -2.43. The van der Waals surface area contributed by atoms with Gasteiger partial charge in [0.1, 0.15) is 0 Å². The van der Waals surface area contributed by atoms with Gasteiger partial charge in [-0.05, 0) is 38.3 Å². The fourth-order valence-electron chi connectivity index (χ4n) is 3.63.